The van der Waals surface area contributed by atoms with Crippen LogP contribution >= 0.6 is 11.3 Å². The van der Waals surface area contributed by atoms with E-state index in [-0.39, 0.29) is 11.8 Å². The Balaban J connectivity index is 1.85. The molecule has 0 aliphatic rings. The smallest absolute Gasteiger partial charge is 0.248 e. The van der Waals surface area contributed by atoms with Gasteiger partial charge >= 0.3 is 0 Å². The third-order valence-electron chi connectivity index (χ3n) is 2.89. The molecule has 23 heavy (non-hydrogen) atoms. The molecule has 0 aliphatic heterocycles. The molecule has 2 N–H and O–H groups in total. The average Bonchev–Trinajstić information content (AvgIpc) is 3.06. The number of ether oxygens (including phenoxy) is 1. The van der Waals surface area contributed by atoms with Crippen molar-refractivity contribution in [1.82, 2.24) is 15.5 Å². The molecule has 0 bridgehead atoms. The number of carbonyl (C=O) groups is 2. The van der Waals surface area contributed by atoms with E-state index in [0.717, 1.165) is 11.3 Å². The number of benzene rings is 1. The van der Waals surface area contributed by atoms with Crippen LogP contribution in [0, 0.1) is 0 Å². The minimum Gasteiger partial charge on any atom is -0.497 e. The number of carbonyl (C=O) groups excluding carboxylic acids is 2. The van der Waals surface area contributed by atoms with Crippen LogP contribution in [-0.2, 0) is 9.59 Å². The number of hydrogen-bond donors (Lipinski definition) is 2. The highest BCUT2D eigenvalue weighted by molar-refractivity contribution is 7.13. The lowest BCUT2D eigenvalue weighted by atomic mass is 10.2. The van der Waals surface area contributed by atoms with Crippen LogP contribution in [0.1, 0.15) is 12.5 Å². The van der Waals surface area contributed by atoms with Gasteiger partial charge in [-0.15, -0.1) is 10.2 Å². The Morgan fingerprint density at radius 1 is 1.30 bits per heavy atom. The maximum absolute atomic E-state index is 11.9. The highest BCUT2D eigenvalue weighted by Gasteiger charge is 2.15. The molecule has 2 aromatic rings. The Hall–Kier alpha value is -2.74. The van der Waals surface area contributed by atoms with Gasteiger partial charge in [0.2, 0.25) is 16.9 Å². The van der Waals surface area contributed by atoms with Crippen molar-refractivity contribution in [2.75, 3.05) is 12.4 Å². The molecule has 0 aliphatic carbocycles. The molecule has 1 aromatic heterocycles. The Morgan fingerprint density at radius 3 is 2.65 bits per heavy atom. The van der Waals surface area contributed by atoms with Crippen LogP contribution in [0.25, 0.3) is 6.08 Å². The van der Waals surface area contributed by atoms with E-state index in [4.69, 9.17) is 4.74 Å². The molecular formula is C15H16N4O3S. The molecule has 0 radical (unpaired) electrons. The predicted molar refractivity (Wildman–Crippen MR) is 88.2 cm³/mol. The Morgan fingerprint density at radius 2 is 2.04 bits per heavy atom. The van der Waals surface area contributed by atoms with Gasteiger partial charge in [-0.3, -0.25) is 14.9 Å². The van der Waals surface area contributed by atoms with E-state index in [1.54, 1.807) is 32.2 Å². The van der Waals surface area contributed by atoms with Crippen molar-refractivity contribution in [2.45, 2.75) is 13.0 Å². The fourth-order valence-corrected chi connectivity index (χ4v) is 2.10. The summed E-state index contributed by atoms with van der Waals surface area (Å²) in [5.41, 5.74) is 2.36. The van der Waals surface area contributed by atoms with Crippen LogP contribution in [0.15, 0.2) is 35.9 Å². The van der Waals surface area contributed by atoms with Crippen molar-refractivity contribution in [1.29, 1.82) is 0 Å². The van der Waals surface area contributed by atoms with E-state index in [1.165, 1.54) is 22.9 Å². The van der Waals surface area contributed by atoms with Crippen LogP contribution in [-0.4, -0.2) is 35.2 Å². The van der Waals surface area contributed by atoms with Gasteiger partial charge in [-0.1, -0.05) is 23.5 Å². The number of nitrogens with zero attached hydrogens (tertiary/aromatic N) is 2. The zero-order valence-corrected chi connectivity index (χ0v) is 13.5. The summed E-state index contributed by atoms with van der Waals surface area (Å²) in [5.74, 6) is 0.0299. The molecule has 1 unspecified atom stereocenters. The SMILES string of the molecule is COc1ccc(/C=C/C(=O)NC(C)C(=O)Nc2nncs2)cc1. The predicted octanol–water partition coefficient (Wildman–Crippen LogP) is 1.70. The van der Waals surface area contributed by atoms with Gasteiger partial charge in [0, 0.05) is 6.08 Å². The van der Waals surface area contributed by atoms with Gasteiger partial charge in [0.25, 0.3) is 0 Å². The fourth-order valence-electron chi connectivity index (χ4n) is 1.66. The summed E-state index contributed by atoms with van der Waals surface area (Å²) in [5, 5.41) is 12.9. The van der Waals surface area contributed by atoms with E-state index in [9.17, 15) is 9.59 Å². The second-order valence-corrected chi connectivity index (χ2v) is 5.40. The van der Waals surface area contributed by atoms with Gasteiger partial charge < -0.3 is 10.1 Å². The summed E-state index contributed by atoms with van der Waals surface area (Å²) >= 11 is 1.21. The first-order valence-electron chi connectivity index (χ1n) is 6.78. The normalized spacial score (nSPS) is 11.9. The van der Waals surface area contributed by atoms with E-state index < -0.39 is 6.04 Å². The monoisotopic (exact) mass is 332 g/mol. The highest BCUT2D eigenvalue weighted by Crippen LogP contribution is 2.12. The molecule has 2 rings (SSSR count). The second kappa shape index (κ2) is 8.04. The van der Waals surface area contributed by atoms with Crippen molar-refractivity contribution in [2.24, 2.45) is 0 Å². The molecule has 1 aromatic carbocycles. The Kier molecular flexibility index (Phi) is 5.81. The lowest BCUT2D eigenvalue weighted by Gasteiger charge is -2.11. The highest BCUT2D eigenvalue weighted by atomic mass is 32.1. The average molecular weight is 332 g/mol. The van der Waals surface area contributed by atoms with Crippen LogP contribution < -0.4 is 15.4 Å². The Bertz CT molecular complexity index is 683. The number of methoxy groups -OCH3 is 1. The summed E-state index contributed by atoms with van der Waals surface area (Å²) in [6.45, 7) is 1.59. The van der Waals surface area contributed by atoms with Crippen LogP contribution in [0.3, 0.4) is 0 Å². The van der Waals surface area contributed by atoms with Gasteiger partial charge in [0.15, 0.2) is 0 Å². The molecule has 1 heterocycles. The minimum absolute atomic E-state index is 0.354. The molecule has 0 fully saturated rings. The summed E-state index contributed by atoms with van der Waals surface area (Å²) in [4.78, 5) is 23.7. The molecule has 7 nitrogen and oxygen atoms in total. The van der Waals surface area contributed by atoms with Crippen molar-refractivity contribution in [3.05, 3.63) is 41.4 Å². The summed E-state index contributed by atoms with van der Waals surface area (Å²) in [7, 11) is 1.59. The number of hydrogen-bond acceptors (Lipinski definition) is 6. The second-order valence-electron chi connectivity index (χ2n) is 4.57. The summed E-state index contributed by atoms with van der Waals surface area (Å²) in [6.07, 6.45) is 3.03. The van der Waals surface area contributed by atoms with Gasteiger partial charge in [0.05, 0.1) is 7.11 Å². The largest absolute Gasteiger partial charge is 0.497 e. The molecule has 0 saturated carbocycles. The third-order valence-corrected chi connectivity index (χ3v) is 3.49. The lowest BCUT2D eigenvalue weighted by molar-refractivity contribution is -0.123. The molecule has 0 spiro atoms. The van der Waals surface area contributed by atoms with E-state index in [1.807, 2.05) is 12.1 Å². The van der Waals surface area contributed by atoms with Crippen LogP contribution in [0.4, 0.5) is 5.13 Å². The molecule has 2 amide bonds. The van der Waals surface area contributed by atoms with Crippen molar-refractivity contribution in [3.63, 3.8) is 0 Å². The number of aromatic nitrogens is 2. The molecule has 0 saturated heterocycles. The molecule has 1 atom stereocenters. The maximum Gasteiger partial charge on any atom is 0.248 e. The third kappa shape index (κ3) is 5.19. The first-order chi connectivity index (χ1) is 11.1. The van der Waals surface area contributed by atoms with Crippen molar-refractivity contribution in [3.8, 4) is 5.75 Å². The molecule has 120 valence electrons. The van der Waals surface area contributed by atoms with Gasteiger partial charge in [-0.05, 0) is 30.7 Å². The zero-order valence-electron chi connectivity index (χ0n) is 12.6. The van der Waals surface area contributed by atoms with E-state index in [2.05, 4.69) is 20.8 Å². The van der Waals surface area contributed by atoms with Crippen molar-refractivity contribution >= 4 is 34.4 Å². The number of amides is 2. The first kappa shape index (κ1) is 16.6. The molecule has 8 heteroatoms. The number of rotatable bonds is 6. The van der Waals surface area contributed by atoms with Crippen molar-refractivity contribution < 1.29 is 14.3 Å². The summed E-state index contributed by atoms with van der Waals surface area (Å²) in [6, 6.07) is 6.57. The maximum atomic E-state index is 11.9. The molecular weight excluding hydrogens is 316 g/mol. The first-order valence-corrected chi connectivity index (χ1v) is 7.66. The lowest BCUT2D eigenvalue weighted by Crippen LogP contribution is -2.40. The van der Waals surface area contributed by atoms with Gasteiger partial charge in [-0.25, -0.2) is 0 Å². The van der Waals surface area contributed by atoms with E-state index >= 15 is 0 Å². The fraction of sp³-hybridized carbons (Fsp3) is 0.200. The topological polar surface area (TPSA) is 93.2 Å². The van der Waals surface area contributed by atoms with E-state index in [0.29, 0.717) is 5.13 Å². The quantitative estimate of drug-likeness (QED) is 0.786. The number of nitrogens with one attached hydrogen (secondary N) is 2. The van der Waals surface area contributed by atoms with Gasteiger partial charge in [-0.2, -0.15) is 0 Å². The Labute approximate surface area is 137 Å². The number of anilines is 1. The standard InChI is InChI=1S/C15H16N4O3S/c1-10(14(21)18-15-19-16-9-23-15)17-13(20)8-5-11-3-6-12(22-2)7-4-11/h3-10H,1-2H3,(H,17,20)(H,18,19,21)/b8-5+. The zero-order chi connectivity index (χ0) is 16.7. The van der Waals surface area contributed by atoms with Gasteiger partial charge in [0.1, 0.15) is 17.3 Å². The minimum atomic E-state index is -0.688. The van der Waals surface area contributed by atoms with Crippen LogP contribution in [0.5, 0.6) is 5.75 Å². The summed E-state index contributed by atoms with van der Waals surface area (Å²) < 4.78 is 5.06. The van der Waals surface area contributed by atoms with Crippen LogP contribution in [0.2, 0.25) is 0 Å².